The van der Waals surface area contributed by atoms with Crippen molar-refractivity contribution in [2.24, 2.45) is 0 Å². The summed E-state index contributed by atoms with van der Waals surface area (Å²) in [6, 6.07) is 14.9. The monoisotopic (exact) mass is 455 g/mol. The van der Waals surface area contributed by atoms with Crippen molar-refractivity contribution in [3.8, 4) is 11.4 Å². The van der Waals surface area contributed by atoms with Gasteiger partial charge >= 0.3 is 0 Å². The Morgan fingerprint density at radius 3 is 2.31 bits per heavy atom. The van der Waals surface area contributed by atoms with E-state index in [0.717, 1.165) is 10.9 Å². The van der Waals surface area contributed by atoms with Gasteiger partial charge in [-0.1, -0.05) is 23.7 Å². The zero-order valence-electron chi connectivity index (χ0n) is 17.4. The maximum Gasteiger partial charge on any atom is 0.217 e. The Balaban J connectivity index is 1.70. The first kappa shape index (κ1) is 21.8. The molecule has 2 atom stereocenters. The van der Waals surface area contributed by atoms with Gasteiger partial charge in [0.1, 0.15) is 23.5 Å². The van der Waals surface area contributed by atoms with Gasteiger partial charge in [0.2, 0.25) is 5.91 Å². The van der Waals surface area contributed by atoms with Crippen molar-refractivity contribution < 1.29 is 18.3 Å². The minimum Gasteiger partial charge on any atom is -0.482 e. The summed E-state index contributed by atoms with van der Waals surface area (Å²) in [6.45, 7) is 3.22. The molecule has 0 fully saturated rings. The summed E-state index contributed by atoms with van der Waals surface area (Å²) in [5.41, 5.74) is 2.10. The molecule has 1 heterocycles. The van der Waals surface area contributed by atoms with Crippen molar-refractivity contribution in [2.75, 3.05) is 0 Å². The molecule has 1 N–H and O–H groups in total. The number of amides is 1. The standard InChI is InChI=1S/C24H20ClF2N3O2/c1-14(29-15(2)31)24(16-3-5-18(26)6-4-16)32-23-11-17-13-28-30(22(17)12-21(23)25)20-9-7-19(27)8-10-20/h3-14,24H,1-2H3,(H,29,31)/t14?,24-/m0/s1. The van der Waals surface area contributed by atoms with Crippen LogP contribution in [0.2, 0.25) is 5.02 Å². The summed E-state index contributed by atoms with van der Waals surface area (Å²) in [5, 5.41) is 8.29. The average Bonchev–Trinajstić information content (AvgIpc) is 3.15. The third-order valence-electron chi connectivity index (χ3n) is 5.03. The number of rotatable bonds is 6. The number of aromatic nitrogens is 2. The van der Waals surface area contributed by atoms with Crippen molar-refractivity contribution in [1.82, 2.24) is 15.1 Å². The molecule has 4 aromatic rings. The third-order valence-corrected chi connectivity index (χ3v) is 5.33. The van der Waals surface area contributed by atoms with Crippen molar-refractivity contribution in [2.45, 2.75) is 26.0 Å². The Hall–Kier alpha value is -3.45. The van der Waals surface area contributed by atoms with Gasteiger partial charge in [0.05, 0.1) is 28.5 Å². The van der Waals surface area contributed by atoms with Crippen LogP contribution in [0, 0.1) is 11.6 Å². The predicted octanol–water partition coefficient (Wildman–Crippen LogP) is 5.60. The number of hydrogen-bond donors (Lipinski definition) is 1. The van der Waals surface area contributed by atoms with Crippen LogP contribution in [0.25, 0.3) is 16.6 Å². The number of nitrogens with one attached hydrogen (secondary N) is 1. The number of halogens is 3. The van der Waals surface area contributed by atoms with Gasteiger partial charge in [0.25, 0.3) is 0 Å². The zero-order chi connectivity index (χ0) is 22.8. The van der Waals surface area contributed by atoms with Crippen LogP contribution in [0.15, 0.2) is 66.9 Å². The molecule has 0 spiro atoms. The minimum atomic E-state index is -0.610. The first-order valence-electron chi connectivity index (χ1n) is 9.94. The van der Waals surface area contributed by atoms with Crippen molar-refractivity contribution in [1.29, 1.82) is 0 Å². The second-order valence-electron chi connectivity index (χ2n) is 7.45. The largest absolute Gasteiger partial charge is 0.482 e. The van der Waals surface area contributed by atoms with E-state index in [2.05, 4.69) is 10.4 Å². The number of carbonyl (C=O) groups excluding carboxylic acids is 1. The fourth-order valence-electron chi connectivity index (χ4n) is 3.55. The van der Waals surface area contributed by atoms with E-state index in [1.54, 1.807) is 54.2 Å². The zero-order valence-corrected chi connectivity index (χ0v) is 18.1. The van der Waals surface area contributed by atoms with Crippen LogP contribution < -0.4 is 10.1 Å². The van der Waals surface area contributed by atoms with Gasteiger partial charge in [-0.2, -0.15) is 5.10 Å². The highest BCUT2D eigenvalue weighted by Crippen LogP contribution is 2.35. The average molecular weight is 456 g/mol. The van der Waals surface area contributed by atoms with Crippen LogP contribution >= 0.6 is 11.6 Å². The van der Waals surface area contributed by atoms with E-state index in [-0.39, 0.29) is 17.5 Å². The fourth-order valence-corrected chi connectivity index (χ4v) is 3.75. The van der Waals surface area contributed by atoms with Gasteiger partial charge in [-0.3, -0.25) is 4.79 Å². The van der Waals surface area contributed by atoms with Gasteiger partial charge < -0.3 is 10.1 Å². The summed E-state index contributed by atoms with van der Waals surface area (Å²) in [4.78, 5) is 11.6. The molecule has 164 valence electrons. The Kier molecular flexibility index (Phi) is 6.10. The van der Waals surface area contributed by atoms with E-state index in [9.17, 15) is 13.6 Å². The van der Waals surface area contributed by atoms with Crippen molar-refractivity contribution in [3.63, 3.8) is 0 Å². The van der Waals surface area contributed by atoms with E-state index in [1.807, 2.05) is 0 Å². The highest BCUT2D eigenvalue weighted by molar-refractivity contribution is 6.32. The highest BCUT2D eigenvalue weighted by Gasteiger charge is 2.24. The second-order valence-corrected chi connectivity index (χ2v) is 7.86. The fraction of sp³-hybridized carbons (Fsp3) is 0.167. The topological polar surface area (TPSA) is 56.1 Å². The van der Waals surface area contributed by atoms with E-state index in [1.165, 1.54) is 31.2 Å². The third kappa shape index (κ3) is 4.57. The molecule has 1 aromatic heterocycles. The van der Waals surface area contributed by atoms with E-state index in [0.29, 0.717) is 22.0 Å². The lowest BCUT2D eigenvalue weighted by atomic mass is 10.0. The first-order chi connectivity index (χ1) is 15.3. The Labute approximate surface area is 188 Å². The molecular formula is C24H20ClF2N3O2. The van der Waals surface area contributed by atoms with Crippen LogP contribution in [0.5, 0.6) is 5.75 Å². The van der Waals surface area contributed by atoms with E-state index >= 15 is 0 Å². The number of benzene rings is 3. The summed E-state index contributed by atoms with van der Waals surface area (Å²) in [7, 11) is 0. The quantitative estimate of drug-likeness (QED) is 0.411. The number of nitrogens with zero attached hydrogens (tertiary/aromatic N) is 2. The molecule has 0 saturated heterocycles. The lowest BCUT2D eigenvalue weighted by molar-refractivity contribution is -0.120. The van der Waals surface area contributed by atoms with Crippen LogP contribution in [0.1, 0.15) is 25.5 Å². The number of fused-ring (bicyclic) bond motifs is 1. The van der Waals surface area contributed by atoms with Crippen LogP contribution in [-0.2, 0) is 4.79 Å². The molecule has 0 aliphatic carbocycles. The second kappa shape index (κ2) is 8.96. The van der Waals surface area contributed by atoms with Gasteiger partial charge in [-0.25, -0.2) is 13.5 Å². The lowest BCUT2D eigenvalue weighted by Crippen LogP contribution is -2.38. The smallest absolute Gasteiger partial charge is 0.217 e. The number of hydrogen-bond acceptors (Lipinski definition) is 3. The van der Waals surface area contributed by atoms with Gasteiger partial charge in [0.15, 0.2) is 0 Å². The van der Waals surface area contributed by atoms with Gasteiger partial charge in [-0.05, 0) is 61.0 Å². The van der Waals surface area contributed by atoms with E-state index < -0.39 is 12.1 Å². The lowest BCUT2D eigenvalue weighted by Gasteiger charge is -2.26. The minimum absolute atomic E-state index is 0.213. The molecule has 1 amide bonds. The van der Waals surface area contributed by atoms with Gasteiger partial charge in [-0.15, -0.1) is 0 Å². The normalized spacial score (nSPS) is 13.0. The molecule has 0 aliphatic rings. The summed E-state index contributed by atoms with van der Waals surface area (Å²) in [6.07, 6.45) is 1.05. The molecule has 3 aromatic carbocycles. The molecule has 0 aliphatic heterocycles. The molecule has 8 heteroatoms. The summed E-state index contributed by atoms with van der Waals surface area (Å²) < 4.78 is 34.6. The van der Waals surface area contributed by atoms with Crippen molar-refractivity contribution >= 4 is 28.4 Å². The maximum atomic E-state index is 13.4. The molecule has 1 unspecified atom stereocenters. The van der Waals surface area contributed by atoms with E-state index in [4.69, 9.17) is 16.3 Å². The Bertz CT molecular complexity index is 1260. The first-order valence-corrected chi connectivity index (χ1v) is 10.3. The SMILES string of the molecule is CC(=O)NC(C)[C@H](Oc1cc2cnn(-c3ccc(F)cc3)c2cc1Cl)c1ccc(F)cc1. The number of carbonyl (C=O) groups is 1. The molecular weight excluding hydrogens is 436 g/mol. The molecule has 0 saturated carbocycles. The maximum absolute atomic E-state index is 13.4. The summed E-state index contributed by atoms with van der Waals surface area (Å²) in [5.74, 6) is -0.522. The molecule has 32 heavy (non-hydrogen) atoms. The Morgan fingerprint density at radius 1 is 1.06 bits per heavy atom. The van der Waals surface area contributed by atoms with Crippen LogP contribution in [-0.4, -0.2) is 21.7 Å². The number of ether oxygens (including phenoxy) is 1. The van der Waals surface area contributed by atoms with Crippen LogP contribution in [0.4, 0.5) is 8.78 Å². The molecule has 0 radical (unpaired) electrons. The molecule has 4 rings (SSSR count). The molecule has 5 nitrogen and oxygen atoms in total. The highest BCUT2D eigenvalue weighted by atomic mass is 35.5. The Morgan fingerprint density at radius 2 is 1.69 bits per heavy atom. The van der Waals surface area contributed by atoms with Crippen LogP contribution in [0.3, 0.4) is 0 Å². The predicted molar refractivity (Wildman–Crippen MR) is 119 cm³/mol. The van der Waals surface area contributed by atoms with Gasteiger partial charge in [0, 0.05) is 12.3 Å². The van der Waals surface area contributed by atoms with Crippen molar-refractivity contribution in [3.05, 3.63) is 89.1 Å². The summed E-state index contributed by atoms with van der Waals surface area (Å²) >= 11 is 6.54. The molecule has 0 bridgehead atoms.